The first-order valence-corrected chi connectivity index (χ1v) is 4.33. The van der Waals surface area contributed by atoms with Crippen LogP contribution in [0.2, 0.25) is 0 Å². The van der Waals surface area contributed by atoms with E-state index in [0.29, 0.717) is 23.3 Å². The van der Waals surface area contributed by atoms with E-state index in [1.54, 1.807) is 18.2 Å². The maximum Gasteiger partial charge on any atom is 0.141 e. The van der Waals surface area contributed by atoms with Crippen molar-refractivity contribution in [3.05, 3.63) is 23.8 Å². The molecule has 0 fully saturated rings. The fourth-order valence-corrected chi connectivity index (χ4v) is 1.19. The zero-order valence-corrected chi connectivity index (χ0v) is 8.56. The Morgan fingerprint density at radius 3 is 2.13 bits per heavy atom. The van der Waals surface area contributed by atoms with E-state index < -0.39 is 5.92 Å². The molecule has 0 aliphatic carbocycles. The molecule has 1 rings (SSSR count). The Hall–Kier alpha value is -2.02. The molecule has 0 bridgehead atoms. The van der Waals surface area contributed by atoms with Crippen molar-refractivity contribution >= 4 is 6.29 Å². The maximum atomic E-state index is 10.6. The van der Waals surface area contributed by atoms with Crippen LogP contribution < -0.4 is 9.47 Å². The normalized spacial score (nSPS) is 11.3. The van der Waals surface area contributed by atoms with Gasteiger partial charge in [-0.05, 0) is 17.7 Å². The molecule has 0 aliphatic heterocycles. The van der Waals surface area contributed by atoms with Crippen molar-refractivity contribution in [2.45, 2.75) is 5.92 Å². The third-order valence-corrected chi connectivity index (χ3v) is 2.01. The Balaban J connectivity index is 3.17. The van der Waals surface area contributed by atoms with Crippen LogP contribution in [-0.4, -0.2) is 20.5 Å². The topological polar surface area (TPSA) is 59.3 Å². The second-order valence-corrected chi connectivity index (χ2v) is 2.89. The molecule has 0 aromatic heterocycles. The van der Waals surface area contributed by atoms with Crippen LogP contribution in [0.3, 0.4) is 0 Å². The van der Waals surface area contributed by atoms with E-state index in [0.717, 1.165) is 0 Å². The Bertz CT molecular complexity index is 373. The van der Waals surface area contributed by atoms with Gasteiger partial charge >= 0.3 is 0 Å². The molecule has 0 radical (unpaired) electrons. The Labute approximate surface area is 88.0 Å². The Kier molecular flexibility index (Phi) is 3.69. The molecule has 0 saturated heterocycles. The molecule has 1 atom stereocenters. The quantitative estimate of drug-likeness (QED) is 0.699. The summed E-state index contributed by atoms with van der Waals surface area (Å²) in [5, 5.41) is 8.74. The van der Waals surface area contributed by atoms with Crippen molar-refractivity contribution in [3.63, 3.8) is 0 Å². The predicted molar refractivity (Wildman–Crippen MR) is 54.0 cm³/mol. The number of hydrogen-bond donors (Lipinski definition) is 0. The summed E-state index contributed by atoms with van der Waals surface area (Å²) in [6.07, 6.45) is 0.591. The molecule has 1 aromatic rings. The molecule has 15 heavy (non-hydrogen) atoms. The summed E-state index contributed by atoms with van der Waals surface area (Å²) in [7, 11) is 3.03. The van der Waals surface area contributed by atoms with Gasteiger partial charge in [-0.3, -0.25) is 0 Å². The zero-order valence-electron chi connectivity index (χ0n) is 8.56. The minimum atomic E-state index is -0.783. The SMILES string of the molecule is COc1cc(OC)cc(C(C#N)C=O)c1. The van der Waals surface area contributed by atoms with Gasteiger partial charge in [-0.2, -0.15) is 5.26 Å². The zero-order chi connectivity index (χ0) is 11.3. The first-order chi connectivity index (χ1) is 7.24. The van der Waals surface area contributed by atoms with Gasteiger partial charge in [0.15, 0.2) is 0 Å². The highest BCUT2D eigenvalue weighted by Gasteiger charge is 2.11. The van der Waals surface area contributed by atoms with E-state index in [1.807, 2.05) is 6.07 Å². The number of hydrogen-bond acceptors (Lipinski definition) is 4. The van der Waals surface area contributed by atoms with E-state index in [9.17, 15) is 4.79 Å². The minimum Gasteiger partial charge on any atom is -0.497 e. The minimum absolute atomic E-state index is 0.562. The molecule has 0 heterocycles. The molecular formula is C11H11NO3. The van der Waals surface area contributed by atoms with Crippen LogP contribution >= 0.6 is 0 Å². The van der Waals surface area contributed by atoms with Gasteiger partial charge < -0.3 is 14.3 Å². The number of methoxy groups -OCH3 is 2. The Morgan fingerprint density at radius 1 is 1.27 bits per heavy atom. The van der Waals surface area contributed by atoms with Crippen LogP contribution in [-0.2, 0) is 4.79 Å². The van der Waals surface area contributed by atoms with Crippen molar-refractivity contribution in [1.29, 1.82) is 5.26 Å². The number of nitriles is 1. The van der Waals surface area contributed by atoms with Gasteiger partial charge in [-0.25, -0.2) is 0 Å². The molecule has 1 aromatic carbocycles. The van der Waals surface area contributed by atoms with Crippen LogP contribution in [0.5, 0.6) is 11.5 Å². The second-order valence-electron chi connectivity index (χ2n) is 2.89. The summed E-state index contributed by atoms with van der Waals surface area (Å²) in [5.74, 6) is 0.340. The van der Waals surface area contributed by atoms with Gasteiger partial charge in [-0.1, -0.05) is 0 Å². The van der Waals surface area contributed by atoms with Crippen molar-refractivity contribution in [2.75, 3.05) is 14.2 Å². The molecule has 0 N–H and O–H groups in total. The number of carbonyl (C=O) groups is 1. The van der Waals surface area contributed by atoms with Crippen LogP contribution in [0, 0.1) is 11.3 Å². The summed E-state index contributed by atoms with van der Waals surface area (Å²) in [6, 6.07) is 6.86. The monoisotopic (exact) mass is 205 g/mol. The standard InChI is InChI=1S/C11H11NO3/c1-14-10-3-8(9(6-12)7-13)4-11(5-10)15-2/h3-5,7,9H,1-2H3. The number of nitrogens with zero attached hydrogens (tertiary/aromatic N) is 1. The largest absolute Gasteiger partial charge is 0.497 e. The number of benzene rings is 1. The number of ether oxygens (including phenoxy) is 2. The van der Waals surface area contributed by atoms with E-state index in [-0.39, 0.29) is 0 Å². The first kappa shape index (κ1) is 11.1. The molecule has 1 unspecified atom stereocenters. The van der Waals surface area contributed by atoms with Crippen LogP contribution in [0.4, 0.5) is 0 Å². The third-order valence-electron chi connectivity index (χ3n) is 2.01. The lowest BCUT2D eigenvalue weighted by molar-refractivity contribution is -0.108. The lowest BCUT2D eigenvalue weighted by Gasteiger charge is -2.08. The molecule has 0 amide bonds. The highest BCUT2D eigenvalue weighted by molar-refractivity contribution is 5.67. The first-order valence-electron chi connectivity index (χ1n) is 4.33. The lowest BCUT2D eigenvalue weighted by Crippen LogP contribution is -1.98. The average molecular weight is 205 g/mol. The smallest absolute Gasteiger partial charge is 0.141 e. The molecule has 78 valence electrons. The number of carbonyl (C=O) groups excluding carboxylic acids is 1. The molecule has 0 aliphatic rings. The van der Waals surface area contributed by atoms with E-state index in [4.69, 9.17) is 14.7 Å². The van der Waals surface area contributed by atoms with Crippen molar-refractivity contribution in [3.8, 4) is 17.6 Å². The third kappa shape index (κ3) is 2.47. The summed E-state index contributed by atoms with van der Waals surface area (Å²) < 4.78 is 10.1. The fourth-order valence-electron chi connectivity index (χ4n) is 1.19. The second kappa shape index (κ2) is 5.01. The van der Waals surface area contributed by atoms with Gasteiger partial charge in [0.25, 0.3) is 0 Å². The van der Waals surface area contributed by atoms with Crippen LogP contribution in [0.1, 0.15) is 11.5 Å². The van der Waals surface area contributed by atoms with E-state index in [1.165, 1.54) is 14.2 Å². The van der Waals surface area contributed by atoms with Crippen molar-refractivity contribution in [1.82, 2.24) is 0 Å². The molecule has 0 spiro atoms. The molecule has 0 saturated carbocycles. The predicted octanol–water partition coefficient (Wildman–Crippen LogP) is 1.51. The maximum absolute atomic E-state index is 10.6. The summed E-state index contributed by atoms with van der Waals surface area (Å²) >= 11 is 0. The highest BCUT2D eigenvalue weighted by atomic mass is 16.5. The number of aldehydes is 1. The highest BCUT2D eigenvalue weighted by Crippen LogP contribution is 2.26. The summed E-state index contributed by atoms with van der Waals surface area (Å²) in [4.78, 5) is 10.6. The molecule has 4 nitrogen and oxygen atoms in total. The van der Waals surface area contributed by atoms with Gasteiger partial charge in [0.2, 0.25) is 0 Å². The van der Waals surface area contributed by atoms with Gasteiger partial charge in [0.05, 0.1) is 20.3 Å². The number of rotatable bonds is 4. The van der Waals surface area contributed by atoms with Crippen LogP contribution in [0.15, 0.2) is 18.2 Å². The van der Waals surface area contributed by atoms with Crippen molar-refractivity contribution < 1.29 is 14.3 Å². The molecular weight excluding hydrogens is 194 g/mol. The fraction of sp³-hybridized carbons (Fsp3) is 0.273. The van der Waals surface area contributed by atoms with E-state index >= 15 is 0 Å². The Morgan fingerprint density at radius 2 is 1.80 bits per heavy atom. The van der Waals surface area contributed by atoms with Gasteiger partial charge in [0, 0.05) is 6.07 Å². The lowest BCUT2D eigenvalue weighted by atomic mass is 10.0. The van der Waals surface area contributed by atoms with Crippen molar-refractivity contribution in [2.24, 2.45) is 0 Å². The van der Waals surface area contributed by atoms with Gasteiger partial charge in [-0.15, -0.1) is 0 Å². The van der Waals surface area contributed by atoms with E-state index in [2.05, 4.69) is 0 Å². The average Bonchev–Trinajstić information content (AvgIpc) is 2.30. The van der Waals surface area contributed by atoms with Gasteiger partial charge in [0.1, 0.15) is 23.7 Å². The van der Waals surface area contributed by atoms with Crippen LogP contribution in [0.25, 0.3) is 0 Å². The molecule has 4 heteroatoms. The summed E-state index contributed by atoms with van der Waals surface area (Å²) in [5.41, 5.74) is 0.573. The summed E-state index contributed by atoms with van der Waals surface area (Å²) in [6.45, 7) is 0.